The standard InChI is InChI=1S/C22H18N4O2/c1-2-13-26-19-12-6-3-9-16(19)20(22(26)28)23-24-21(27)17-10-4-5-11-18(17)25-14-7-8-15-25/h2-12,14-15,28H,1,13H2. The third-order valence-electron chi connectivity index (χ3n) is 4.49. The van der Waals surface area contributed by atoms with Crippen molar-refractivity contribution in [2.24, 2.45) is 10.2 Å². The average Bonchev–Trinajstić information content (AvgIpc) is 3.35. The number of allylic oxidation sites excluding steroid dienone is 1. The molecule has 2 heterocycles. The Morgan fingerprint density at radius 2 is 1.75 bits per heavy atom. The fourth-order valence-corrected chi connectivity index (χ4v) is 3.21. The van der Waals surface area contributed by atoms with Crippen molar-refractivity contribution in [3.63, 3.8) is 0 Å². The maximum atomic E-state index is 12.7. The van der Waals surface area contributed by atoms with Gasteiger partial charge in [-0.2, -0.15) is 0 Å². The number of rotatable bonds is 5. The van der Waals surface area contributed by atoms with Crippen molar-refractivity contribution >= 4 is 22.5 Å². The Hall–Kier alpha value is -3.93. The van der Waals surface area contributed by atoms with Crippen LogP contribution in [0.5, 0.6) is 5.88 Å². The molecular weight excluding hydrogens is 352 g/mol. The maximum absolute atomic E-state index is 12.7. The van der Waals surface area contributed by atoms with E-state index in [4.69, 9.17) is 0 Å². The molecule has 4 rings (SSSR count). The van der Waals surface area contributed by atoms with Crippen molar-refractivity contribution in [2.75, 3.05) is 0 Å². The van der Waals surface area contributed by atoms with Crippen LogP contribution >= 0.6 is 0 Å². The van der Waals surface area contributed by atoms with Crippen molar-refractivity contribution in [1.82, 2.24) is 9.13 Å². The second-order valence-electron chi connectivity index (χ2n) is 6.20. The van der Waals surface area contributed by atoms with Crippen LogP contribution in [0.3, 0.4) is 0 Å². The van der Waals surface area contributed by atoms with Gasteiger partial charge < -0.3 is 14.2 Å². The van der Waals surface area contributed by atoms with Crippen molar-refractivity contribution in [3.8, 4) is 11.6 Å². The zero-order chi connectivity index (χ0) is 19.5. The van der Waals surface area contributed by atoms with Gasteiger partial charge >= 0.3 is 0 Å². The highest BCUT2D eigenvalue weighted by Crippen LogP contribution is 2.38. The Kier molecular flexibility index (Phi) is 4.60. The van der Waals surface area contributed by atoms with E-state index in [0.717, 1.165) is 16.6 Å². The lowest BCUT2D eigenvalue weighted by Gasteiger charge is -2.06. The predicted octanol–water partition coefficient (Wildman–Crippen LogP) is 5.25. The van der Waals surface area contributed by atoms with Gasteiger partial charge in [0.1, 0.15) is 0 Å². The van der Waals surface area contributed by atoms with Crippen LogP contribution in [0.15, 0.2) is 95.9 Å². The van der Waals surface area contributed by atoms with Gasteiger partial charge in [-0.15, -0.1) is 16.8 Å². The second kappa shape index (κ2) is 7.36. The molecule has 0 unspecified atom stereocenters. The van der Waals surface area contributed by atoms with Crippen LogP contribution in [0.4, 0.5) is 5.69 Å². The number of carbonyl (C=O) groups excluding carboxylic acids is 1. The van der Waals surface area contributed by atoms with E-state index in [2.05, 4.69) is 16.8 Å². The number of fused-ring (bicyclic) bond motifs is 1. The minimum absolute atomic E-state index is 0.0451. The zero-order valence-corrected chi connectivity index (χ0v) is 15.1. The van der Waals surface area contributed by atoms with E-state index in [1.54, 1.807) is 22.8 Å². The van der Waals surface area contributed by atoms with Crippen LogP contribution in [0, 0.1) is 0 Å². The molecule has 0 aliphatic heterocycles. The van der Waals surface area contributed by atoms with E-state index < -0.39 is 5.91 Å². The molecule has 0 aliphatic carbocycles. The number of azo groups is 1. The Morgan fingerprint density at radius 1 is 1.04 bits per heavy atom. The molecule has 0 saturated carbocycles. The quantitative estimate of drug-likeness (QED) is 0.385. The number of aromatic hydroxyl groups is 1. The molecule has 2 aromatic carbocycles. The summed E-state index contributed by atoms with van der Waals surface area (Å²) in [7, 11) is 0. The molecule has 138 valence electrons. The number of nitrogens with zero attached hydrogens (tertiary/aromatic N) is 4. The molecule has 0 radical (unpaired) electrons. The number of amides is 1. The molecule has 1 N–H and O–H groups in total. The number of aromatic nitrogens is 2. The summed E-state index contributed by atoms with van der Waals surface area (Å²) < 4.78 is 3.52. The molecule has 0 fully saturated rings. The maximum Gasteiger partial charge on any atom is 0.297 e. The summed E-state index contributed by atoms with van der Waals surface area (Å²) in [5.74, 6) is -0.527. The van der Waals surface area contributed by atoms with Crippen LogP contribution in [-0.4, -0.2) is 20.1 Å². The van der Waals surface area contributed by atoms with Crippen molar-refractivity contribution in [1.29, 1.82) is 0 Å². The zero-order valence-electron chi connectivity index (χ0n) is 15.1. The van der Waals surface area contributed by atoms with Crippen LogP contribution in [-0.2, 0) is 6.54 Å². The third kappa shape index (κ3) is 3.01. The van der Waals surface area contributed by atoms with E-state index in [9.17, 15) is 9.90 Å². The molecule has 4 aromatic rings. The number of hydrogen-bond donors (Lipinski definition) is 1. The van der Waals surface area contributed by atoms with E-state index >= 15 is 0 Å². The predicted molar refractivity (Wildman–Crippen MR) is 108 cm³/mol. The summed E-state index contributed by atoms with van der Waals surface area (Å²) >= 11 is 0. The minimum atomic E-state index is -0.482. The summed E-state index contributed by atoms with van der Waals surface area (Å²) in [5.41, 5.74) is 2.21. The van der Waals surface area contributed by atoms with Gasteiger partial charge in [0.05, 0.1) is 16.8 Å². The van der Waals surface area contributed by atoms with Gasteiger partial charge in [-0.25, -0.2) is 0 Å². The molecule has 0 bridgehead atoms. The molecule has 0 atom stereocenters. The summed E-state index contributed by atoms with van der Waals surface area (Å²) in [6.07, 6.45) is 5.40. The SMILES string of the molecule is C=CCn1c(O)c(N=NC(=O)c2ccccc2-n2cccc2)c2ccccc21. The number of benzene rings is 2. The van der Waals surface area contributed by atoms with Crippen molar-refractivity contribution in [2.45, 2.75) is 6.54 Å². The Labute approximate surface area is 161 Å². The largest absolute Gasteiger partial charge is 0.493 e. The van der Waals surface area contributed by atoms with Gasteiger partial charge in [0, 0.05) is 24.3 Å². The average molecular weight is 370 g/mol. The van der Waals surface area contributed by atoms with E-state index in [1.165, 1.54) is 0 Å². The highest BCUT2D eigenvalue weighted by Gasteiger charge is 2.17. The summed E-state index contributed by atoms with van der Waals surface area (Å²) in [6.45, 7) is 4.14. The third-order valence-corrected chi connectivity index (χ3v) is 4.49. The van der Waals surface area contributed by atoms with Crippen LogP contribution in [0.25, 0.3) is 16.6 Å². The molecular formula is C22H18N4O2. The number of carbonyl (C=O) groups is 1. The molecule has 6 nitrogen and oxygen atoms in total. The molecule has 0 spiro atoms. The highest BCUT2D eigenvalue weighted by atomic mass is 16.3. The minimum Gasteiger partial charge on any atom is -0.493 e. The van der Waals surface area contributed by atoms with E-state index in [-0.39, 0.29) is 11.6 Å². The molecule has 2 aromatic heterocycles. The van der Waals surface area contributed by atoms with E-state index in [1.807, 2.05) is 65.5 Å². The lowest BCUT2D eigenvalue weighted by Crippen LogP contribution is -2.02. The number of hydrogen-bond acceptors (Lipinski definition) is 3. The monoisotopic (exact) mass is 370 g/mol. The first-order valence-electron chi connectivity index (χ1n) is 8.80. The molecule has 0 aliphatic rings. The first kappa shape index (κ1) is 17.5. The lowest BCUT2D eigenvalue weighted by atomic mass is 10.1. The van der Waals surface area contributed by atoms with Gasteiger partial charge in [0.25, 0.3) is 5.91 Å². The van der Waals surface area contributed by atoms with Gasteiger partial charge in [0.15, 0.2) is 5.69 Å². The van der Waals surface area contributed by atoms with Crippen molar-refractivity contribution in [3.05, 3.63) is 91.3 Å². The van der Waals surface area contributed by atoms with Gasteiger partial charge in [0.2, 0.25) is 5.88 Å². The summed E-state index contributed by atoms with van der Waals surface area (Å²) in [6, 6.07) is 18.4. The van der Waals surface area contributed by atoms with Crippen LogP contribution < -0.4 is 0 Å². The molecule has 6 heteroatoms. The normalized spacial score (nSPS) is 11.3. The summed E-state index contributed by atoms with van der Waals surface area (Å²) in [4.78, 5) is 12.7. The van der Waals surface area contributed by atoms with Gasteiger partial charge in [-0.1, -0.05) is 36.4 Å². The van der Waals surface area contributed by atoms with Crippen molar-refractivity contribution < 1.29 is 9.90 Å². The Morgan fingerprint density at radius 3 is 2.54 bits per heavy atom. The topological polar surface area (TPSA) is 71.9 Å². The molecule has 28 heavy (non-hydrogen) atoms. The lowest BCUT2D eigenvalue weighted by molar-refractivity contribution is 0.0995. The van der Waals surface area contributed by atoms with Crippen LogP contribution in [0.2, 0.25) is 0 Å². The first-order valence-corrected chi connectivity index (χ1v) is 8.80. The number of para-hydroxylation sites is 2. The Bertz CT molecular complexity index is 1190. The van der Waals surface area contributed by atoms with Gasteiger partial charge in [-0.05, 0) is 30.3 Å². The fraction of sp³-hybridized carbons (Fsp3) is 0.0455. The molecule has 0 saturated heterocycles. The molecule has 1 amide bonds. The highest BCUT2D eigenvalue weighted by molar-refractivity contribution is 5.99. The Balaban J connectivity index is 1.74. The summed E-state index contributed by atoms with van der Waals surface area (Å²) in [5, 5.41) is 19.3. The smallest absolute Gasteiger partial charge is 0.297 e. The fourth-order valence-electron chi connectivity index (χ4n) is 3.21. The second-order valence-corrected chi connectivity index (χ2v) is 6.20. The van der Waals surface area contributed by atoms with Crippen LogP contribution in [0.1, 0.15) is 10.4 Å². The van der Waals surface area contributed by atoms with Gasteiger partial charge in [-0.3, -0.25) is 4.79 Å². The van der Waals surface area contributed by atoms with E-state index in [0.29, 0.717) is 12.1 Å². The first-order chi connectivity index (χ1) is 13.7.